The summed E-state index contributed by atoms with van der Waals surface area (Å²) in [5, 5.41) is 2.80. The average molecular weight is 358 g/mol. The summed E-state index contributed by atoms with van der Waals surface area (Å²) in [4.78, 5) is 12.0. The van der Waals surface area contributed by atoms with Gasteiger partial charge in [0.1, 0.15) is 0 Å². The molecule has 2 rings (SSSR count). The maximum Gasteiger partial charge on any atom is 0.248 e. The van der Waals surface area contributed by atoms with E-state index in [1.807, 2.05) is 24.3 Å². The highest BCUT2D eigenvalue weighted by Crippen LogP contribution is 2.17. The summed E-state index contributed by atoms with van der Waals surface area (Å²) in [6.45, 7) is 4.24. The van der Waals surface area contributed by atoms with Crippen LogP contribution in [0, 0.1) is 0 Å². The number of hydrogen-bond donors (Lipinski definition) is 2. The van der Waals surface area contributed by atoms with Crippen LogP contribution in [0.3, 0.4) is 0 Å². The zero-order valence-electron chi connectivity index (χ0n) is 14.5. The minimum absolute atomic E-state index is 0.226. The van der Waals surface area contributed by atoms with E-state index in [4.69, 9.17) is 0 Å². The molecule has 2 N–H and O–H groups in total. The second-order valence-electron chi connectivity index (χ2n) is 6.10. The summed E-state index contributed by atoms with van der Waals surface area (Å²) in [6, 6.07) is 14.5. The Morgan fingerprint density at radius 3 is 2.04 bits per heavy atom. The first kappa shape index (κ1) is 18.7. The molecule has 0 heterocycles. The van der Waals surface area contributed by atoms with Gasteiger partial charge >= 0.3 is 0 Å². The van der Waals surface area contributed by atoms with Crippen molar-refractivity contribution in [2.45, 2.75) is 19.8 Å². The van der Waals surface area contributed by atoms with Gasteiger partial charge in [-0.2, -0.15) is 0 Å². The number of rotatable bonds is 6. The summed E-state index contributed by atoms with van der Waals surface area (Å²) in [5.41, 5.74) is 3.24. The van der Waals surface area contributed by atoms with Crippen molar-refractivity contribution in [2.75, 3.05) is 16.3 Å². The highest BCUT2D eigenvalue weighted by Gasteiger charge is 2.02. The number of amides is 1. The van der Waals surface area contributed by atoms with Gasteiger partial charge in [0.2, 0.25) is 15.9 Å². The first-order valence-electron chi connectivity index (χ1n) is 7.90. The summed E-state index contributed by atoms with van der Waals surface area (Å²) >= 11 is 0. The van der Waals surface area contributed by atoms with Crippen LogP contribution >= 0.6 is 0 Å². The Morgan fingerprint density at radius 1 is 0.960 bits per heavy atom. The molecule has 1 amide bonds. The standard InChI is InChI=1S/C19H22N2O3S/c1-14(2)16-7-11-17(12-8-16)20-19(22)13-6-15-4-9-18(10-5-15)21-25(3,23)24/h4-14,21H,1-3H3,(H,20,22)/b13-6+. The highest BCUT2D eigenvalue weighted by molar-refractivity contribution is 7.92. The number of carbonyl (C=O) groups is 1. The molecule has 2 aromatic rings. The van der Waals surface area contributed by atoms with Crippen LogP contribution in [0.25, 0.3) is 6.08 Å². The predicted octanol–water partition coefficient (Wildman–Crippen LogP) is 3.83. The molecule has 0 aliphatic heterocycles. The SMILES string of the molecule is CC(C)c1ccc(NC(=O)/C=C/c2ccc(NS(C)(=O)=O)cc2)cc1. The van der Waals surface area contributed by atoms with Crippen molar-refractivity contribution in [2.24, 2.45) is 0 Å². The van der Waals surface area contributed by atoms with E-state index in [1.54, 1.807) is 30.3 Å². The molecule has 0 fully saturated rings. The van der Waals surface area contributed by atoms with E-state index in [-0.39, 0.29) is 5.91 Å². The van der Waals surface area contributed by atoms with Crippen molar-refractivity contribution in [1.29, 1.82) is 0 Å². The van der Waals surface area contributed by atoms with Crippen LogP contribution in [0.1, 0.15) is 30.9 Å². The largest absolute Gasteiger partial charge is 0.323 e. The molecule has 0 spiro atoms. The fraction of sp³-hybridized carbons (Fsp3) is 0.211. The Hall–Kier alpha value is -2.60. The van der Waals surface area contributed by atoms with Gasteiger partial charge < -0.3 is 5.32 Å². The lowest BCUT2D eigenvalue weighted by molar-refractivity contribution is -0.111. The third-order valence-electron chi connectivity index (χ3n) is 3.49. The molecule has 5 nitrogen and oxygen atoms in total. The molecule has 0 bridgehead atoms. The molecular formula is C19H22N2O3S. The topological polar surface area (TPSA) is 75.3 Å². The summed E-state index contributed by atoms with van der Waals surface area (Å²) in [7, 11) is -3.29. The summed E-state index contributed by atoms with van der Waals surface area (Å²) in [6.07, 6.45) is 4.20. The number of sulfonamides is 1. The Balaban J connectivity index is 1.95. The first-order chi connectivity index (χ1) is 11.7. The van der Waals surface area contributed by atoms with Crippen molar-refractivity contribution in [3.8, 4) is 0 Å². The van der Waals surface area contributed by atoms with Gasteiger partial charge in [-0.3, -0.25) is 9.52 Å². The fourth-order valence-electron chi connectivity index (χ4n) is 2.18. The van der Waals surface area contributed by atoms with Gasteiger partial charge in [-0.05, 0) is 47.4 Å². The Kier molecular flexibility index (Phi) is 5.98. The second kappa shape index (κ2) is 7.98. The molecule has 2 aromatic carbocycles. The molecule has 0 saturated carbocycles. The lowest BCUT2D eigenvalue weighted by Crippen LogP contribution is -2.09. The molecular weight excluding hydrogens is 336 g/mol. The van der Waals surface area contributed by atoms with Gasteiger partial charge in [0.05, 0.1) is 6.26 Å². The highest BCUT2D eigenvalue weighted by atomic mass is 32.2. The maximum absolute atomic E-state index is 12.0. The van der Waals surface area contributed by atoms with Crippen molar-refractivity contribution in [1.82, 2.24) is 0 Å². The monoisotopic (exact) mass is 358 g/mol. The Bertz CT molecular complexity index is 853. The maximum atomic E-state index is 12.0. The minimum Gasteiger partial charge on any atom is -0.323 e. The van der Waals surface area contributed by atoms with Gasteiger partial charge in [0.25, 0.3) is 0 Å². The van der Waals surface area contributed by atoms with Crippen molar-refractivity contribution in [3.63, 3.8) is 0 Å². The average Bonchev–Trinajstić information content (AvgIpc) is 2.53. The van der Waals surface area contributed by atoms with Crippen LogP contribution in [0.15, 0.2) is 54.6 Å². The van der Waals surface area contributed by atoms with E-state index in [0.29, 0.717) is 11.6 Å². The number of anilines is 2. The van der Waals surface area contributed by atoms with Crippen molar-refractivity contribution < 1.29 is 13.2 Å². The van der Waals surface area contributed by atoms with E-state index in [0.717, 1.165) is 17.5 Å². The lowest BCUT2D eigenvalue weighted by atomic mass is 10.0. The van der Waals surface area contributed by atoms with Gasteiger partial charge in [0, 0.05) is 17.5 Å². The molecule has 0 aliphatic carbocycles. The van der Waals surface area contributed by atoms with Gasteiger partial charge in [0.15, 0.2) is 0 Å². The second-order valence-corrected chi connectivity index (χ2v) is 7.84. The van der Waals surface area contributed by atoms with Crippen LogP contribution in [0.2, 0.25) is 0 Å². The molecule has 0 atom stereocenters. The quantitative estimate of drug-likeness (QED) is 0.771. The van der Waals surface area contributed by atoms with Gasteiger partial charge in [-0.25, -0.2) is 8.42 Å². The summed E-state index contributed by atoms with van der Waals surface area (Å²) < 4.78 is 24.7. The van der Waals surface area contributed by atoms with Crippen LogP contribution in [0.5, 0.6) is 0 Å². The van der Waals surface area contributed by atoms with E-state index in [9.17, 15) is 13.2 Å². The normalized spacial score (nSPS) is 11.7. The Labute approximate surface area is 148 Å². The molecule has 0 aromatic heterocycles. The molecule has 0 unspecified atom stereocenters. The lowest BCUT2D eigenvalue weighted by Gasteiger charge is -2.07. The van der Waals surface area contributed by atoms with Crippen LogP contribution in [0.4, 0.5) is 11.4 Å². The third-order valence-corrected chi connectivity index (χ3v) is 4.09. The molecule has 0 radical (unpaired) electrons. The van der Waals surface area contributed by atoms with Crippen LogP contribution < -0.4 is 10.0 Å². The minimum atomic E-state index is -3.29. The van der Waals surface area contributed by atoms with Crippen LogP contribution in [-0.2, 0) is 14.8 Å². The van der Waals surface area contributed by atoms with Gasteiger partial charge in [-0.1, -0.05) is 38.1 Å². The molecule has 0 saturated heterocycles. The van der Waals surface area contributed by atoms with Crippen molar-refractivity contribution >= 4 is 33.4 Å². The van der Waals surface area contributed by atoms with E-state index >= 15 is 0 Å². The zero-order chi connectivity index (χ0) is 18.4. The molecule has 0 aliphatic rings. The number of nitrogens with one attached hydrogen (secondary N) is 2. The predicted molar refractivity (Wildman–Crippen MR) is 103 cm³/mol. The van der Waals surface area contributed by atoms with Crippen molar-refractivity contribution in [3.05, 3.63) is 65.7 Å². The number of hydrogen-bond acceptors (Lipinski definition) is 3. The smallest absolute Gasteiger partial charge is 0.248 e. The fourth-order valence-corrected chi connectivity index (χ4v) is 2.75. The van der Waals surface area contributed by atoms with Crippen LogP contribution in [-0.4, -0.2) is 20.6 Å². The summed E-state index contributed by atoms with van der Waals surface area (Å²) in [5.74, 6) is 0.223. The van der Waals surface area contributed by atoms with E-state index in [1.165, 1.54) is 11.6 Å². The molecule has 132 valence electrons. The zero-order valence-corrected chi connectivity index (χ0v) is 15.3. The molecule has 25 heavy (non-hydrogen) atoms. The number of benzene rings is 2. The third kappa shape index (κ3) is 6.43. The number of carbonyl (C=O) groups excluding carboxylic acids is 1. The van der Waals surface area contributed by atoms with E-state index < -0.39 is 10.0 Å². The molecule has 6 heteroatoms. The first-order valence-corrected chi connectivity index (χ1v) is 9.79. The Morgan fingerprint density at radius 2 is 1.52 bits per heavy atom. The van der Waals surface area contributed by atoms with Gasteiger partial charge in [-0.15, -0.1) is 0 Å². The van der Waals surface area contributed by atoms with E-state index in [2.05, 4.69) is 23.9 Å².